The minimum atomic E-state index is -4.44. The molecule has 1 atom stereocenters. The van der Waals surface area contributed by atoms with Crippen molar-refractivity contribution in [2.24, 2.45) is 5.73 Å². The van der Waals surface area contributed by atoms with Crippen LogP contribution in [0.15, 0.2) is 48.5 Å². The van der Waals surface area contributed by atoms with Gasteiger partial charge in [0, 0.05) is 12.1 Å². The molecule has 0 heterocycles. The van der Waals surface area contributed by atoms with Gasteiger partial charge in [-0.25, -0.2) is 5.48 Å². The van der Waals surface area contributed by atoms with E-state index in [-0.39, 0.29) is 12.1 Å². The maximum absolute atomic E-state index is 12.8. The lowest BCUT2D eigenvalue weighted by Crippen LogP contribution is -2.50. The molecule has 0 aliphatic carbocycles. The molecule has 2 rings (SSSR count). The minimum Gasteiger partial charge on any atom is -0.339 e. The number of hydroxylamine groups is 1. The lowest BCUT2D eigenvalue weighted by molar-refractivity contribution is -0.137. The number of rotatable bonds is 5. The van der Waals surface area contributed by atoms with E-state index in [1.807, 2.05) is 0 Å². The second-order valence-electron chi connectivity index (χ2n) is 5.39. The van der Waals surface area contributed by atoms with E-state index in [0.717, 1.165) is 12.1 Å². The zero-order valence-corrected chi connectivity index (χ0v) is 13.4. The Bertz CT molecular complexity index is 792. The van der Waals surface area contributed by atoms with E-state index < -0.39 is 29.6 Å². The van der Waals surface area contributed by atoms with Crippen molar-refractivity contribution in [3.05, 3.63) is 59.7 Å². The first-order valence-electron chi connectivity index (χ1n) is 7.49. The zero-order valence-electron chi connectivity index (χ0n) is 13.4. The summed E-state index contributed by atoms with van der Waals surface area (Å²) >= 11 is 0. The van der Waals surface area contributed by atoms with Gasteiger partial charge in [-0.3, -0.25) is 14.8 Å². The Morgan fingerprint density at radius 2 is 1.73 bits per heavy atom. The average Bonchev–Trinajstić information content (AvgIpc) is 2.64. The lowest BCUT2D eigenvalue weighted by Gasteiger charge is -2.14. The number of carbonyl (C=O) groups is 2. The molecular weight excluding hydrogens is 351 g/mol. The van der Waals surface area contributed by atoms with Crippen LogP contribution in [0.25, 0.3) is 11.1 Å². The Balaban J connectivity index is 2.18. The summed E-state index contributed by atoms with van der Waals surface area (Å²) in [6, 6.07) is 9.52. The third-order valence-corrected chi connectivity index (χ3v) is 3.64. The number of hydrogen-bond donors (Lipinski definition) is 4. The highest BCUT2D eigenvalue weighted by Gasteiger charge is 2.30. The van der Waals surface area contributed by atoms with Crippen molar-refractivity contribution in [2.75, 3.05) is 6.54 Å². The number of halogens is 3. The van der Waals surface area contributed by atoms with Crippen LogP contribution in [0.1, 0.15) is 15.9 Å². The molecule has 2 amide bonds. The number of hydrogen-bond acceptors (Lipinski definition) is 4. The van der Waals surface area contributed by atoms with Crippen molar-refractivity contribution >= 4 is 11.8 Å². The van der Waals surface area contributed by atoms with E-state index in [1.165, 1.54) is 41.9 Å². The molecule has 0 spiro atoms. The molecule has 0 radical (unpaired) electrons. The molecule has 0 aromatic heterocycles. The van der Waals surface area contributed by atoms with Crippen molar-refractivity contribution in [2.45, 2.75) is 12.2 Å². The highest BCUT2D eigenvalue weighted by Crippen LogP contribution is 2.32. The average molecular weight is 367 g/mol. The molecule has 0 saturated heterocycles. The summed E-state index contributed by atoms with van der Waals surface area (Å²) in [5.74, 6) is -1.47. The minimum absolute atomic E-state index is 0.185. The van der Waals surface area contributed by atoms with Crippen LogP contribution in [0, 0.1) is 0 Å². The molecule has 5 N–H and O–H groups in total. The van der Waals surface area contributed by atoms with Crippen LogP contribution in [0.5, 0.6) is 0 Å². The summed E-state index contributed by atoms with van der Waals surface area (Å²) in [6.07, 6.45) is -4.44. The maximum atomic E-state index is 12.8. The Morgan fingerprint density at radius 3 is 2.27 bits per heavy atom. The summed E-state index contributed by atoms with van der Waals surface area (Å²) in [5, 5.41) is 10.9. The molecule has 26 heavy (non-hydrogen) atoms. The highest BCUT2D eigenvalue weighted by atomic mass is 19.4. The summed E-state index contributed by atoms with van der Waals surface area (Å²) in [4.78, 5) is 23.4. The fourth-order valence-corrected chi connectivity index (χ4v) is 2.24. The molecule has 0 fully saturated rings. The van der Waals surface area contributed by atoms with E-state index in [1.54, 1.807) is 0 Å². The maximum Gasteiger partial charge on any atom is 0.416 e. The fraction of sp³-hybridized carbons (Fsp3) is 0.176. The van der Waals surface area contributed by atoms with Crippen molar-refractivity contribution in [3.8, 4) is 11.1 Å². The first-order valence-corrected chi connectivity index (χ1v) is 7.49. The predicted octanol–water partition coefficient (Wildman–Crippen LogP) is 1.93. The second-order valence-corrected chi connectivity index (χ2v) is 5.39. The van der Waals surface area contributed by atoms with Crippen molar-refractivity contribution in [1.29, 1.82) is 0 Å². The molecule has 0 unspecified atom stereocenters. The topological polar surface area (TPSA) is 104 Å². The molecule has 138 valence electrons. The molecule has 6 nitrogen and oxygen atoms in total. The van der Waals surface area contributed by atoms with E-state index in [4.69, 9.17) is 10.9 Å². The summed E-state index contributed by atoms with van der Waals surface area (Å²) in [5.41, 5.74) is 7.01. The molecule has 9 heteroatoms. The van der Waals surface area contributed by atoms with Gasteiger partial charge < -0.3 is 11.1 Å². The number of nitrogens with two attached hydrogens (primary N) is 1. The van der Waals surface area contributed by atoms with Gasteiger partial charge in [-0.1, -0.05) is 24.3 Å². The summed E-state index contributed by atoms with van der Waals surface area (Å²) in [7, 11) is 0. The van der Waals surface area contributed by atoms with Crippen molar-refractivity contribution in [1.82, 2.24) is 10.8 Å². The lowest BCUT2D eigenvalue weighted by atomic mass is 10.0. The molecule has 0 saturated carbocycles. The monoisotopic (exact) mass is 367 g/mol. The van der Waals surface area contributed by atoms with E-state index in [2.05, 4.69) is 5.32 Å². The Kier molecular flexibility index (Phi) is 5.96. The fourth-order valence-electron chi connectivity index (χ4n) is 2.24. The molecule has 2 aromatic carbocycles. The van der Waals surface area contributed by atoms with Crippen LogP contribution in [0.3, 0.4) is 0 Å². The Hall–Kier alpha value is -2.91. The Labute approximate surface area is 146 Å². The number of nitrogens with one attached hydrogen (secondary N) is 2. The predicted molar refractivity (Wildman–Crippen MR) is 87.1 cm³/mol. The van der Waals surface area contributed by atoms with Crippen LogP contribution in [-0.4, -0.2) is 29.6 Å². The molecular formula is C17H16F3N3O3. The van der Waals surface area contributed by atoms with E-state index >= 15 is 0 Å². The summed E-state index contributed by atoms with van der Waals surface area (Å²) in [6.45, 7) is -0.222. The van der Waals surface area contributed by atoms with Crippen molar-refractivity contribution < 1.29 is 28.0 Å². The number of benzene rings is 2. The van der Waals surface area contributed by atoms with Gasteiger partial charge in [-0.05, 0) is 35.4 Å². The second kappa shape index (κ2) is 7.98. The SMILES string of the molecule is NC[C@H](NC(=O)c1ccc(-c2cccc(C(F)(F)F)c2)cc1)C(=O)NO. The molecule has 0 bridgehead atoms. The number of amides is 2. The summed E-state index contributed by atoms with van der Waals surface area (Å²) < 4.78 is 38.4. The Morgan fingerprint density at radius 1 is 1.08 bits per heavy atom. The standard InChI is InChI=1S/C17H16F3N3O3/c18-17(19,20)13-3-1-2-12(8-13)10-4-6-11(7-5-10)15(24)22-14(9-21)16(25)23-26/h1-8,14,26H,9,21H2,(H,22,24)(H,23,25)/t14-/m0/s1. The van der Waals surface area contributed by atoms with Crippen LogP contribution in [0.2, 0.25) is 0 Å². The van der Waals surface area contributed by atoms with E-state index in [9.17, 15) is 22.8 Å². The first-order chi connectivity index (χ1) is 12.3. The number of carbonyl (C=O) groups excluding carboxylic acids is 2. The smallest absolute Gasteiger partial charge is 0.339 e. The number of alkyl halides is 3. The van der Waals surface area contributed by atoms with Crippen LogP contribution < -0.4 is 16.5 Å². The van der Waals surface area contributed by atoms with Gasteiger partial charge in [0.1, 0.15) is 6.04 Å². The van der Waals surface area contributed by atoms with Crippen LogP contribution >= 0.6 is 0 Å². The first kappa shape index (κ1) is 19.4. The van der Waals surface area contributed by atoms with Crippen LogP contribution in [0.4, 0.5) is 13.2 Å². The van der Waals surface area contributed by atoms with Gasteiger partial charge >= 0.3 is 6.18 Å². The highest BCUT2D eigenvalue weighted by molar-refractivity contribution is 5.97. The largest absolute Gasteiger partial charge is 0.416 e. The quantitative estimate of drug-likeness (QED) is 0.479. The molecule has 0 aliphatic rings. The van der Waals surface area contributed by atoms with E-state index in [0.29, 0.717) is 11.1 Å². The third-order valence-electron chi connectivity index (χ3n) is 3.64. The van der Waals surface area contributed by atoms with Gasteiger partial charge in [0.15, 0.2) is 0 Å². The van der Waals surface area contributed by atoms with Gasteiger partial charge in [0.05, 0.1) is 5.56 Å². The zero-order chi connectivity index (χ0) is 19.3. The van der Waals surface area contributed by atoms with Gasteiger partial charge in [0.2, 0.25) is 0 Å². The third kappa shape index (κ3) is 4.58. The molecule has 2 aromatic rings. The van der Waals surface area contributed by atoms with Gasteiger partial charge in [0.25, 0.3) is 11.8 Å². The van der Waals surface area contributed by atoms with Gasteiger partial charge in [-0.15, -0.1) is 0 Å². The van der Waals surface area contributed by atoms with Crippen molar-refractivity contribution in [3.63, 3.8) is 0 Å². The normalized spacial score (nSPS) is 12.3. The molecule has 0 aliphatic heterocycles. The van der Waals surface area contributed by atoms with Gasteiger partial charge in [-0.2, -0.15) is 13.2 Å². The van der Waals surface area contributed by atoms with Crippen LogP contribution in [-0.2, 0) is 11.0 Å².